The molecule has 0 atom stereocenters. The summed E-state index contributed by atoms with van der Waals surface area (Å²) in [6.45, 7) is 5.79. The first-order chi connectivity index (χ1) is 10.4. The first-order valence-electron chi connectivity index (χ1n) is 6.93. The molecule has 116 valence electrons. The second kappa shape index (κ2) is 6.38. The molecule has 0 aliphatic rings. The van der Waals surface area contributed by atoms with Crippen LogP contribution >= 0.6 is 0 Å². The molecule has 0 fully saturated rings. The van der Waals surface area contributed by atoms with Crippen molar-refractivity contribution in [1.82, 2.24) is 9.78 Å². The van der Waals surface area contributed by atoms with Gasteiger partial charge in [-0.3, -0.25) is 19.6 Å². The van der Waals surface area contributed by atoms with Crippen LogP contribution in [0.25, 0.3) is 0 Å². The molecule has 0 aliphatic heterocycles. The van der Waals surface area contributed by atoms with E-state index in [1.54, 1.807) is 6.92 Å². The lowest BCUT2D eigenvalue weighted by Crippen LogP contribution is -2.16. The largest absolute Gasteiger partial charge is 0.326 e. The molecule has 7 nitrogen and oxygen atoms in total. The monoisotopic (exact) mass is 302 g/mol. The van der Waals surface area contributed by atoms with E-state index < -0.39 is 4.92 Å². The molecule has 0 radical (unpaired) electrons. The zero-order valence-corrected chi connectivity index (χ0v) is 12.8. The van der Waals surface area contributed by atoms with E-state index in [-0.39, 0.29) is 18.0 Å². The summed E-state index contributed by atoms with van der Waals surface area (Å²) < 4.78 is 1.47. The minimum absolute atomic E-state index is 0.0323. The molecule has 1 heterocycles. The summed E-state index contributed by atoms with van der Waals surface area (Å²) in [5, 5.41) is 17.6. The van der Waals surface area contributed by atoms with Crippen LogP contribution in [-0.2, 0) is 11.3 Å². The van der Waals surface area contributed by atoms with Crippen LogP contribution in [0.15, 0.2) is 24.4 Å². The summed E-state index contributed by atoms with van der Waals surface area (Å²) in [5.41, 5.74) is 3.23. The molecule has 2 rings (SSSR count). The lowest BCUT2D eigenvalue weighted by atomic mass is 10.1. The highest BCUT2D eigenvalue weighted by Crippen LogP contribution is 2.20. The Morgan fingerprint density at radius 2 is 1.95 bits per heavy atom. The third-order valence-corrected chi connectivity index (χ3v) is 3.57. The number of nitrogens with one attached hydrogen (secondary N) is 1. The van der Waals surface area contributed by atoms with Crippen LogP contribution in [-0.4, -0.2) is 20.6 Å². The number of aromatic nitrogens is 2. The number of benzene rings is 1. The van der Waals surface area contributed by atoms with Crippen LogP contribution in [0.5, 0.6) is 0 Å². The van der Waals surface area contributed by atoms with Gasteiger partial charge in [-0.2, -0.15) is 5.10 Å². The summed E-state index contributed by atoms with van der Waals surface area (Å²) >= 11 is 0. The van der Waals surface area contributed by atoms with E-state index >= 15 is 0 Å². The average Bonchev–Trinajstić information content (AvgIpc) is 2.82. The van der Waals surface area contributed by atoms with Gasteiger partial charge in [0.2, 0.25) is 5.91 Å². The fraction of sp³-hybridized carbons (Fsp3) is 0.333. The van der Waals surface area contributed by atoms with Crippen molar-refractivity contribution >= 4 is 17.3 Å². The first-order valence-corrected chi connectivity index (χ1v) is 6.93. The number of anilines is 1. The molecule has 1 aromatic carbocycles. The smallest absolute Gasteiger partial charge is 0.309 e. The van der Waals surface area contributed by atoms with Crippen molar-refractivity contribution < 1.29 is 9.72 Å². The van der Waals surface area contributed by atoms with Crippen LogP contribution in [0.4, 0.5) is 11.4 Å². The quantitative estimate of drug-likeness (QED) is 0.679. The molecular formula is C15H18N4O3. The Morgan fingerprint density at radius 1 is 1.32 bits per heavy atom. The third-order valence-electron chi connectivity index (χ3n) is 3.57. The van der Waals surface area contributed by atoms with Gasteiger partial charge >= 0.3 is 5.69 Å². The lowest BCUT2D eigenvalue weighted by molar-refractivity contribution is -0.385. The Labute approximate surface area is 128 Å². The van der Waals surface area contributed by atoms with E-state index in [0.717, 1.165) is 16.8 Å². The van der Waals surface area contributed by atoms with Crippen molar-refractivity contribution in [2.24, 2.45) is 0 Å². The normalized spacial score (nSPS) is 10.5. The standard InChI is InChI=1S/C15H18N4O3/c1-10-5-4-6-11(2)15(10)17-14(20)7-8-18-12(3)13(9-16-18)19(21)22/h4-6,9H,7-8H2,1-3H3,(H,17,20). The minimum atomic E-state index is -0.477. The van der Waals surface area contributed by atoms with Crippen molar-refractivity contribution in [3.05, 3.63) is 51.3 Å². The van der Waals surface area contributed by atoms with Crippen molar-refractivity contribution in [3.8, 4) is 0 Å². The number of hydrogen-bond donors (Lipinski definition) is 1. The number of nitrogens with zero attached hydrogens (tertiary/aromatic N) is 3. The van der Waals surface area contributed by atoms with Crippen LogP contribution < -0.4 is 5.32 Å². The maximum absolute atomic E-state index is 12.1. The molecule has 2 aromatic rings. The molecule has 0 aliphatic carbocycles. The van der Waals surface area contributed by atoms with Crippen LogP contribution in [0.1, 0.15) is 23.2 Å². The zero-order valence-electron chi connectivity index (χ0n) is 12.8. The fourth-order valence-corrected chi connectivity index (χ4v) is 2.26. The minimum Gasteiger partial charge on any atom is -0.326 e. The number of para-hydroxylation sites is 1. The second-order valence-electron chi connectivity index (χ2n) is 5.16. The third kappa shape index (κ3) is 3.30. The number of aryl methyl sites for hydroxylation is 3. The van der Waals surface area contributed by atoms with Gasteiger partial charge in [0.1, 0.15) is 11.9 Å². The Kier molecular flexibility index (Phi) is 4.55. The van der Waals surface area contributed by atoms with E-state index in [1.165, 1.54) is 10.9 Å². The predicted octanol–water partition coefficient (Wildman–Crippen LogP) is 2.75. The number of carbonyl (C=O) groups excluding carboxylic acids is 1. The van der Waals surface area contributed by atoms with Crippen molar-refractivity contribution in [2.75, 3.05) is 5.32 Å². The summed E-state index contributed by atoms with van der Waals surface area (Å²) in [6.07, 6.45) is 1.41. The zero-order chi connectivity index (χ0) is 16.3. The molecule has 0 spiro atoms. The van der Waals surface area contributed by atoms with E-state index in [4.69, 9.17) is 0 Å². The Balaban J connectivity index is 2.00. The average molecular weight is 302 g/mol. The van der Waals surface area contributed by atoms with Gasteiger partial charge in [-0.1, -0.05) is 18.2 Å². The molecule has 0 saturated heterocycles. The molecule has 1 N–H and O–H groups in total. The maximum atomic E-state index is 12.1. The molecule has 0 bridgehead atoms. The molecule has 7 heteroatoms. The van der Waals surface area contributed by atoms with Gasteiger partial charge in [0.15, 0.2) is 0 Å². The van der Waals surface area contributed by atoms with E-state index in [0.29, 0.717) is 12.2 Å². The Bertz CT molecular complexity index is 701. The van der Waals surface area contributed by atoms with E-state index in [1.807, 2.05) is 32.0 Å². The SMILES string of the molecule is Cc1cccc(C)c1NC(=O)CCn1ncc([N+](=O)[O-])c1C. The summed E-state index contributed by atoms with van der Waals surface area (Å²) in [5.74, 6) is -0.144. The molecular weight excluding hydrogens is 284 g/mol. The topological polar surface area (TPSA) is 90.1 Å². The highest BCUT2D eigenvalue weighted by molar-refractivity contribution is 5.92. The van der Waals surface area contributed by atoms with Gasteiger partial charge in [-0.25, -0.2) is 0 Å². The van der Waals surface area contributed by atoms with E-state index in [2.05, 4.69) is 10.4 Å². The van der Waals surface area contributed by atoms with E-state index in [9.17, 15) is 14.9 Å². The number of amides is 1. The Hall–Kier alpha value is -2.70. The van der Waals surface area contributed by atoms with Crippen LogP contribution in [0, 0.1) is 30.9 Å². The summed E-state index contributed by atoms with van der Waals surface area (Å²) in [7, 11) is 0. The predicted molar refractivity (Wildman–Crippen MR) is 82.8 cm³/mol. The van der Waals surface area contributed by atoms with Crippen LogP contribution in [0.3, 0.4) is 0 Å². The number of hydrogen-bond acceptors (Lipinski definition) is 4. The summed E-state index contributed by atoms with van der Waals surface area (Å²) in [6, 6.07) is 5.81. The molecule has 22 heavy (non-hydrogen) atoms. The van der Waals surface area contributed by atoms with Gasteiger partial charge in [0, 0.05) is 12.1 Å². The highest BCUT2D eigenvalue weighted by atomic mass is 16.6. The van der Waals surface area contributed by atoms with Crippen molar-refractivity contribution in [2.45, 2.75) is 33.7 Å². The molecule has 1 amide bonds. The van der Waals surface area contributed by atoms with Crippen molar-refractivity contribution in [1.29, 1.82) is 0 Å². The summed E-state index contributed by atoms with van der Waals surface area (Å²) in [4.78, 5) is 22.3. The van der Waals surface area contributed by atoms with Gasteiger partial charge < -0.3 is 5.32 Å². The second-order valence-corrected chi connectivity index (χ2v) is 5.16. The maximum Gasteiger partial charge on any atom is 0.309 e. The fourth-order valence-electron chi connectivity index (χ4n) is 2.26. The Morgan fingerprint density at radius 3 is 2.50 bits per heavy atom. The molecule has 1 aromatic heterocycles. The number of rotatable bonds is 5. The molecule has 0 unspecified atom stereocenters. The lowest BCUT2D eigenvalue weighted by Gasteiger charge is -2.11. The van der Waals surface area contributed by atoms with Gasteiger partial charge in [-0.05, 0) is 31.9 Å². The number of carbonyl (C=O) groups is 1. The highest BCUT2D eigenvalue weighted by Gasteiger charge is 2.16. The number of nitro groups is 1. The van der Waals surface area contributed by atoms with Crippen molar-refractivity contribution in [3.63, 3.8) is 0 Å². The molecule has 0 saturated carbocycles. The van der Waals surface area contributed by atoms with Gasteiger partial charge in [0.05, 0.1) is 11.5 Å². The van der Waals surface area contributed by atoms with Gasteiger partial charge in [0.25, 0.3) is 0 Å². The first kappa shape index (κ1) is 15.7. The van der Waals surface area contributed by atoms with Gasteiger partial charge in [-0.15, -0.1) is 0 Å². The van der Waals surface area contributed by atoms with Crippen LogP contribution in [0.2, 0.25) is 0 Å².